The van der Waals surface area contributed by atoms with Crippen LogP contribution in [0.1, 0.15) is 6.42 Å². The predicted octanol–water partition coefficient (Wildman–Crippen LogP) is 2.12. The molecule has 0 radical (unpaired) electrons. The van der Waals surface area contributed by atoms with E-state index in [1.165, 1.54) is 4.80 Å². The second kappa shape index (κ2) is 4.35. The van der Waals surface area contributed by atoms with E-state index < -0.39 is 0 Å². The van der Waals surface area contributed by atoms with Gasteiger partial charge in [0.15, 0.2) is 0 Å². The molecule has 1 N–H and O–H groups in total. The van der Waals surface area contributed by atoms with E-state index in [2.05, 4.69) is 10.2 Å². The molecule has 1 aromatic carbocycles. The normalized spacial score (nSPS) is 11.1. The van der Waals surface area contributed by atoms with E-state index in [1.807, 2.05) is 0 Å². The average Bonchev–Trinajstić information content (AvgIpc) is 2.58. The van der Waals surface area contributed by atoms with Crippen molar-refractivity contribution in [1.82, 2.24) is 15.0 Å². The summed E-state index contributed by atoms with van der Waals surface area (Å²) in [5.41, 5.74) is 1.42. The van der Waals surface area contributed by atoms with Gasteiger partial charge < -0.3 is 5.11 Å². The summed E-state index contributed by atoms with van der Waals surface area (Å²) in [5.74, 6) is 0. The molecule has 0 atom stereocenters. The molecule has 0 unspecified atom stereocenters. The lowest BCUT2D eigenvalue weighted by Crippen LogP contribution is -2.03. The van der Waals surface area contributed by atoms with Crippen LogP contribution in [0.5, 0.6) is 0 Å². The Morgan fingerprint density at radius 1 is 1.13 bits per heavy atom. The zero-order valence-electron chi connectivity index (χ0n) is 7.82. The first kappa shape index (κ1) is 10.7. The van der Waals surface area contributed by atoms with Gasteiger partial charge in [-0.2, -0.15) is 15.0 Å². The van der Waals surface area contributed by atoms with E-state index >= 15 is 0 Å². The van der Waals surface area contributed by atoms with Crippen LogP contribution in [0.3, 0.4) is 0 Å². The number of halogens is 2. The fourth-order valence-corrected chi connectivity index (χ4v) is 1.59. The summed E-state index contributed by atoms with van der Waals surface area (Å²) in [5, 5.41) is 18.0. The summed E-state index contributed by atoms with van der Waals surface area (Å²) >= 11 is 11.7. The highest BCUT2D eigenvalue weighted by atomic mass is 35.5. The van der Waals surface area contributed by atoms with Gasteiger partial charge in [-0.1, -0.05) is 23.2 Å². The summed E-state index contributed by atoms with van der Waals surface area (Å²) in [6.07, 6.45) is 0.627. The third-order valence-corrected chi connectivity index (χ3v) is 2.70. The van der Waals surface area contributed by atoms with Crippen molar-refractivity contribution >= 4 is 34.2 Å². The molecule has 4 nitrogen and oxygen atoms in total. The van der Waals surface area contributed by atoms with Crippen molar-refractivity contribution in [3.8, 4) is 0 Å². The lowest BCUT2D eigenvalue weighted by atomic mass is 10.3. The van der Waals surface area contributed by atoms with E-state index in [4.69, 9.17) is 28.3 Å². The maximum absolute atomic E-state index is 8.68. The summed E-state index contributed by atoms with van der Waals surface area (Å²) in [7, 11) is 0. The lowest BCUT2D eigenvalue weighted by molar-refractivity contribution is 0.273. The molecule has 80 valence electrons. The number of nitrogens with zero attached hydrogens (tertiary/aromatic N) is 3. The topological polar surface area (TPSA) is 50.9 Å². The summed E-state index contributed by atoms with van der Waals surface area (Å²) < 4.78 is 0. The van der Waals surface area contributed by atoms with Crippen LogP contribution in [-0.2, 0) is 6.54 Å². The molecule has 1 aromatic heterocycles. The second-order valence-electron chi connectivity index (χ2n) is 3.13. The molecular weight excluding hydrogens is 237 g/mol. The first-order valence-electron chi connectivity index (χ1n) is 4.51. The number of aliphatic hydroxyl groups excluding tert-OH is 1. The molecule has 0 aliphatic carbocycles. The molecule has 0 saturated heterocycles. The Kier molecular flexibility index (Phi) is 3.09. The first-order valence-corrected chi connectivity index (χ1v) is 5.27. The van der Waals surface area contributed by atoms with Gasteiger partial charge in [0.05, 0.1) is 16.6 Å². The molecule has 6 heteroatoms. The minimum absolute atomic E-state index is 0.124. The number of aryl methyl sites for hydroxylation is 1. The maximum atomic E-state index is 8.68. The standard InChI is InChI=1S/C9H9Cl2N3O/c10-6-4-8-9(5-7(6)11)13-14(12-8)2-1-3-15/h4-5,15H,1-3H2. The first-order chi connectivity index (χ1) is 7.20. The fraction of sp³-hybridized carbons (Fsp3) is 0.333. The number of aliphatic hydroxyl groups is 1. The number of hydrogen-bond donors (Lipinski definition) is 1. The van der Waals surface area contributed by atoms with Gasteiger partial charge in [-0.3, -0.25) is 0 Å². The van der Waals surface area contributed by atoms with Crippen molar-refractivity contribution in [3.63, 3.8) is 0 Å². The van der Waals surface area contributed by atoms with Crippen LogP contribution >= 0.6 is 23.2 Å². The number of aromatic nitrogens is 3. The summed E-state index contributed by atoms with van der Waals surface area (Å²) in [4.78, 5) is 1.54. The second-order valence-corrected chi connectivity index (χ2v) is 3.94. The fourth-order valence-electron chi connectivity index (χ4n) is 1.27. The largest absolute Gasteiger partial charge is 0.396 e. The average molecular weight is 246 g/mol. The molecule has 0 aliphatic rings. The Morgan fingerprint density at radius 2 is 1.67 bits per heavy atom. The van der Waals surface area contributed by atoms with Crippen molar-refractivity contribution in [2.24, 2.45) is 0 Å². The molecule has 2 rings (SSSR count). The van der Waals surface area contributed by atoms with Gasteiger partial charge in [-0.25, -0.2) is 0 Å². The monoisotopic (exact) mass is 245 g/mol. The lowest BCUT2D eigenvalue weighted by Gasteiger charge is -1.94. The molecule has 0 aliphatic heterocycles. The highest BCUT2D eigenvalue weighted by molar-refractivity contribution is 6.42. The van der Waals surface area contributed by atoms with Crippen LogP contribution < -0.4 is 0 Å². The molecular formula is C9H9Cl2N3O. The third-order valence-electron chi connectivity index (χ3n) is 1.98. The summed E-state index contributed by atoms with van der Waals surface area (Å²) in [6.45, 7) is 0.708. The van der Waals surface area contributed by atoms with E-state index in [9.17, 15) is 0 Å². The van der Waals surface area contributed by atoms with Gasteiger partial charge in [0, 0.05) is 6.61 Å². The molecule has 2 aromatic rings. The SMILES string of the molecule is OCCCn1nc2cc(Cl)c(Cl)cc2n1. The van der Waals surface area contributed by atoms with Crippen LogP contribution in [0.4, 0.5) is 0 Å². The van der Waals surface area contributed by atoms with Crippen LogP contribution in [0.15, 0.2) is 12.1 Å². The Labute approximate surface area is 96.4 Å². The minimum atomic E-state index is 0.124. The van der Waals surface area contributed by atoms with E-state index in [0.717, 1.165) is 0 Å². The van der Waals surface area contributed by atoms with Crippen LogP contribution in [0, 0.1) is 0 Å². The maximum Gasteiger partial charge on any atom is 0.114 e. The summed E-state index contributed by atoms with van der Waals surface area (Å²) in [6, 6.07) is 3.36. The van der Waals surface area contributed by atoms with Gasteiger partial charge in [0.2, 0.25) is 0 Å². The van der Waals surface area contributed by atoms with Gasteiger partial charge in [0.1, 0.15) is 11.0 Å². The van der Waals surface area contributed by atoms with Gasteiger partial charge in [-0.05, 0) is 18.6 Å². The number of benzene rings is 1. The number of fused-ring (bicyclic) bond motifs is 1. The molecule has 0 amide bonds. The quantitative estimate of drug-likeness (QED) is 0.902. The number of rotatable bonds is 3. The van der Waals surface area contributed by atoms with Gasteiger partial charge in [-0.15, -0.1) is 0 Å². The Morgan fingerprint density at radius 3 is 2.13 bits per heavy atom. The van der Waals surface area contributed by atoms with Crippen LogP contribution in [0.25, 0.3) is 11.0 Å². The van der Waals surface area contributed by atoms with Crippen molar-refractivity contribution in [2.75, 3.05) is 6.61 Å². The Hall–Kier alpha value is -0.840. The van der Waals surface area contributed by atoms with Crippen LogP contribution in [-0.4, -0.2) is 26.7 Å². The van der Waals surface area contributed by atoms with Crippen molar-refractivity contribution in [1.29, 1.82) is 0 Å². The van der Waals surface area contributed by atoms with Gasteiger partial charge in [0.25, 0.3) is 0 Å². The van der Waals surface area contributed by atoms with Crippen molar-refractivity contribution in [2.45, 2.75) is 13.0 Å². The molecule has 0 saturated carbocycles. The molecule has 0 bridgehead atoms. The van der Waals surface area contributed by atoms with Crippen molar-refractivity contribution in [3.05, 3.63) is 22.2 Å². The minimum Gasteiger partial charge on any atom is -0.396 e. The molecule has 1 heterocycles. The van der Waals surface area contributed by atoms with Crippen molar-refractivity contribution < 1.29 is 5.11 Å². The smallest absolute Gasteiger partial charge is 0.114 e. The predicted molar refractivity (Wildman–Crippen MR) is 59.3 cm³/mol. The van der Waals surface area contributed by atoms with Crippen LogP contribution in [0.2, 0.25) is 10.0 Å². The van der Waals surface area contributed by atoms with Gasteiger partial charge >= 0.3 is 0 Å². The zero-order valence-corrected chi connectivity index (χ0v) is 9.33. The Balaban J connectivity index is 2.38. The highest BCUT2D eigenvalue weighted by Gasteiger charge is 2.06. The molecule has 0 fully saturated rings. The van der Waals surface area contributed by atoms with E-state index in [1.54, 1.807) is 12.1 Å². The molecule has 15 heavy (non-hydrogen) atoms. The zero-order chi connectivity index (χ0) is 10.8. The van der Waals surface area contributed by atoms with E-state index in [0.29, 0.717) is 34.0 Å². The Bertz CT molecular complexity index is 444. The third kappa shape index (κ3) is 2.22. The number of hydrogen-bond acceptors (Lipinski definition) is 3. The molecule has 0 spiro atoms. The van der Waals surface area contributed by atoms with E-state index in [-0.39, 0.29) is 6.61 Å². The highest BCUT2D eigenvalue weighted by Crippen LogP contribution is 2.25.